The van der Waals surface area contributed by atoms with Crippen LogP contribution in [-0.4, -0.2) is 32.1 Å². The standard InChI is InChI=1S/C25H27ClFN3O4/c1-15(2)34-21-10-9-19(12-20(21)27)29-24-28-13-17(11-22(31)25(3,4)33)23(32)30(24)14-16-5-7-18(26)8-6-16/h5-10,12-13,15,33H,11,14H2,1-4H3,(H,28,29). The Balaban J connectivity index is 1.99. The van der Waals surface area contributed by atoms with E-state index in [2.05, 4.69) is 10.3 Å². The zero-order valence-corrected chi connectivity index (χ0v) is 20.2. The van der Waals surface area contributed by atoms with Gasteiger partial charge in [-0.15, -0.1) is 0 Å². The number of aliphatic hydroxyl groups is 1. The summed E-state index contributed by atoms with van der Waals surface area (Å²) in [6, 6.07) is 11.3. The lowest BCUT2D eigenvalue weighted by Crippen LogP contribution is -2.35. The van der Waals surface area contributed by atoms with Gasteiger partial charge in [-0.2, -0.15) is 0 Å². The van der Waals surface area contributed by atoms with Gasteiger partial charge >= 0.3 is 0 Å². The number of carbonyl (C=O) groups is 1. The second kappa shape index (κ2) is 10.4. The maximum absolute atomic E-state index is 14.5. The van der Waals surface area contributed by atoms with Gasteiger partial charge < -0.3 is 15.2 Å². The highest BCUT2D eigenvalue weighted by Crippen LogP contribution is 2.24. The van der Waals surface area contributed by atoms with Gasteiger partial charge in [0.2, 0.25) is 5.95 Å². The van der Waals surface area contributed by atoms with Crippen molar-refractivity contribution in [1.29, 1.82) is 0 Å². The van der Waals surface area contributed by atoms with Gasteiger partial charge in [0.05, 0.1) is 12.6 Å². The summed E-state index contributed by atoms with van der Waals surface area (Å²) in [6.45, 7) is 6.47. The number of ether oxygens (including phenoxy) is 1. The van der Waals surface area contributed by atoms with Gasteiger partial charge in [0.25, 0.3) is 5.56 Å². The van der Waals surface area contributed by atoms with Crippen LogP contribution < -0.4 is 15.6 Å². The minimum Gasteiger partial charge on any atom is -0.488 e. The van der Waals surface area contributed by atoms with Crippen LogP contribution in [0.1, 0.15) is 38.8 Å². The first-order valence-corrected chi connectivity index (χ1v) is 11.1. The van der Waals surface area contributed by atoms with Crippen LogP contribution in [0.2, 0.25) is 5.02 Å². The molecular formula is C25H27ClFN3O4. The highest BCUT2D eigenvalue weighted by atomic mass is 35.5. The lowest BCUT2D eigenvalue weighted by molar-refractivity contribution is -0.133. The minimum atomic E-state index is -1.58. The molecule has 0 amide bonds. The van der Waals surface area contributed by atoms with Crippen molar-refractivity contribution in [3.63, 3.8) is 0 Å². The van der Waals surface area contributed by atoms with Crippen molar-refractivity contribution in [1.82, 2.24) is 9.55 Å². The van der Waals surface area contributed by atoms with Gasteiger partial charge in [0, 0.05) is 35.0 Å². The minimum absolute atomic E-state index is 0.118. The second-order valence-electron chi connectivity index (χ2n) is 8.72. The number of rotatable bonds is 9. The molecule has 2 N–H and O–H groups in total. The summed E-state index contributed by atoms with van der Waals surface area (Å²) in [4.78, 5) is 29.9. The topological polar surface area (TPSA) is 93.5 Å². The molecule has 3 rings (SSSR count). The predicted octanol–water partition coefficient (Wildman–Crippen LogP) is 4.50. The number of carbonyl (C=O) groups excluding carboxylic acids is 1. The third kappa shape index (κ3) is 6.42. The molecule has 9 heteroatoms. The fraction of sp³-hybridized carbons (Fsp3) is 0.320. The molecule has 7 nitrogen and oxygen atoms in total. The lowest BCUT2D eigenvalue weighted by Gasteiger charge is -2.18. The average Bonchev–Trinajstić information content (AvgIpc) is 2.75. The van der Waals surface area contributed by atoms with Crippen LogP contribution in [0.4, 0.5) is 16.0 Å². The van der Waals surface area contributed by atoms with E-state index in [4.69, 9.17) is 16.3 Å². The van der Waals surface area contributed by atoms with Crippen LogP contribution in [-0.2, 0) is 17.8 Å². The maximum atomic E-state index is 14.5. The highest BCUT2D eigenvalue weighted by molar-refractivity contribution is 6.30. The Hall–Kier alpha value is -3.23. The molecule has 0 fully saturated rings. The molecule has 0 saturated carbocycles. The van der Waals surface area contributed by atoms with Crippen LogP contribution in [0.15, 0.2) is 53.5 Å². The first-order valence-electron chi connectivity index (χ1n) is 10.8. The number of Topliss-reactive ketones (excluding diaryl/α,β-unsaturated/α-hetero) is 1. The third-order valence-corrected chi connectivity index (χ3v) is 5.21. The molecule has 0 radical (unpaired) electrons. The fourth-order valence-corrected chi connectivity index (χ4v) is 3.25. The molecule has 0 aliphatic rings. The van der Waals surface area contributed by atoms with E-state index in [-0.39, 0.29) is 36.3 Å². The molecule has 0 spiro atoms. The summed E-state index contributed by atoms with van der Waals surface area (Å²) < 4.78 is 21.2. The van der Waals surface area contributed by atoms with Crippen molar-refractivity contribution in [3.05, 3.63) is 81.0 Å². The number of hydrogen-bond acceptors (Lipinski definition) is 6. The summed E-state index contributed by atoms with van der Waals surface area (Å²) in [7, 11) is 0. The Labute approximate surface area is 202 Å². The van der Waals surface area contributed by atoms with E-state index in [0.29, 0.717) is 10.7 Å². The largest absolute Gasteiger partial charge is 0.488 e. The molecular weight excluding hydrogens is 461 g/mol. The zero-order valence-electron chi connectivity index (χ0n) is 19.4. The van der Waals surface area contributed by atoms with Crippen LogP contribution in [0.25, 0.3) is 0 Å². The first-order chi connectivity index (χ1) is 15.9. The summed E-state index contributed by atoms with van der Waals surface area (Å²) in [5.74, 6) is -0.783. The smallest absolute Gasteiger partial charge is 0.258 e. The van der Waals surface area contributed by atoms with E-state index < -0.39 is 22.8 Å². The molecule has 180 valence electrons. The number of nitrogens with one attached hydrogen (secondary N) is 1. The maximum Gasteiger partial charge on any atom is 0.258 e. The molecule has 1 aromatic heterocycles. The van der Waals surface area contributed by atoms with Gasteiger partial charge in [-0.05, 0) is 57.5 Å². The van der Waals surface area contributed by atoms with Gasteiger partial charge in [-0.1, -0.05) is 23.7 Å². The van der Waals surface area contributed by atoms with Gasteiger partial charge in [0.15, 0.2) is 17.3 Å². The Kier molecular flexibility index (Phi) is 7.74. The first kappa shape index (κ1) is 25.4. The monoisotopic (exact) mass is 487 g/mol. The van der Waals surface area contributed by atoms with E-state index in [1.54, 1.807) is 44.2 Å². The van der Waals surface area contributed by atoms with Crippen molar-refractivity contribution in [3.8, 4) is 5.75 Å². The highest BCUT2D eigenvalue weighted by Gasteiger charge is 2.25. The molecule has 0 bridgehead atoms. The van der Waals surface area contributed by atoms with Crippen LogP contribution in [0.5, 0.6) is 5.75 Å². The van der Waals surface area contributed by atoms with Crippen molar-refractivity contribution in [2.24, 2.45) is 0 Å². The normalized spacial score (nSPS) is 11.5. The Morgan fingerprint density at radius 3 is 2.50 bits per heavy atom. The van der Waals surface area contributed by atoms with E-state index in [9.17, 15) is 19.1 Å². The number of halogens is 2. The van der Waals surface area contributed by atoms with Crippen LogP contribution in [0, 0.1) is 5.82 Å². The molecule has 34 heavy (non-hydrogen) atoms. The summed E-state index contributed by atoms with van der Waals surface area (Å²) in [6.07, 6.45) is 0.837. The molecule has 0 aliphatic heterocycles. The Bertz CT molecular complexity index is 1230. The quantitative estimate of drug-likeness (QED) is 0.461. The summed E-state index contributed by atoms with van der Waals surface area (Å²) in [5.41, 5.74) is -0.759. The van der Waals surface area contributed by atoms with Crippen molar-refractivity contribution < 1.29 is 19.0 Å². The van der Waals surface area contributed by atoms with Gasteiger partial charge in [0.1, 0.15) is 5.60 Å². The average molecular weight is 488 g/mol. The number of anilines is 2. The van der Waals surface area contributed by atoms with Crippen LogP contribution >= 0.6 is 11.6 Å². The van der Waals surface area contributed by atoms with E-state index in [1.807, 2.05) is 0 Å². The Morgan fingerprint density at radius 2 is 1.91 bits per heavy atom. The molecule has 2 aromatic carbocycles. The third-order valence-electron chi connectivity index (χ3n) is 4.96. The lowest BCUT2D eigenvalue weighted by atomic mass is 9.98. The molecule has 1 heterocycles. The van der Waals surface area contributed by atoms with Crippen LogP contribution in [0.3, 0.4) is 0 Å². The van der Waals surface area contributed by atoms with E-state index in [0.717, 1.165) is 5.56 Å². The molecule has 0 aliphatic carbocycles. The zero-order chi connectivity index (χ0) is 25.0. The molecule has 0 saturated heterocycles. The van der Waals surface area contributed by atoms with Crippen molar-refractivity contribution in [2.75, 3.05) is 5.32 Å². The second-order valence-corrected chi connectivity index (χ2v) is 9.16. The SMILES string of the molecule is CC(C)Oc1ccc(Nc2ncc(CC(=O)C(C)(C)O)c(=O)n2Cc2ccc(Cl)cc2)cc1F. The number of nitrogens with zero attached hydrogens (tertiary/aromatic N) is 2. The number of aromatic nitrogens is 2. The molecule has 0 unspecified atom stereocenters. The number of hydrogen-bond donors (Lipinski definition) is 2. The van der Waals surface area contributed by atoms with E-state index >= 15 is 0 Å². The van der Waals surface area contributed by atoms with Gasteiger partial charge in [-0.3, -0.25) is 14.2 Å². The number of ketones is 1. The van der Waals surface area contributed by atoms with Crippen molar-refractivity contribution >= 4 is 29.0 Å². The summed E-state index contributed by atoms with van der Waals surface area (Å²) in [5, 5.41) is 13.5. The fourth-order valence-electron chi connectivity index (χ4n) is 3.12. The van der Waals surface area contributed by atoms with E-state index in [1.165, 1.54) is 36.7 Å². The number of benzene rings is 2. The summed E-state index contributed by atoms with van der Waals surface area (Å²) >= 11 is 5.97. The molecule has 3 aromatic rings. The molecule has 0 atom stereocenters. The van der Waals surface area contributed by atoms with Gasteiger partial charge in [-0.25, -0.2) is 9.37 Å². The predicted molar refractivity (Wildman–Crippen MR) is 130 cm³/mol. The van der Waals surface area contributed by atoms with Crippen molar-refractivity contribution in [2.45, 2.75) is 52.4 Å². The Morgan fingerprint density at radius 1 is 1.24 bits per heavy atom.